The van der Waals surface area contributed by atoms with Crippen LogP contribution in [0.2, 0.25) is 0 Å². The zero-order chi connectivity index (χ0) is 12.4. The van der Waals surface area contributed by atoms with E-state index in [0.717, 1.165) is 0 Å². The van der Waals surface area contributed by atoms with Gasteiger partial charge in [-0.05, 0) is 19.1 Å². The van der Waals surface area contributed by atoms with Gasteiger partial charge < -0.3 is 11.1 Å². The molecular weight excluding hydrogens is 218 g/mol. The van der Waals surface area contributed by atoms with Crippen molar-refractivity contribution in [3.8, 4) is 5.69 Å². The third-order valence-corrected chi connectivity index (χ3v) is 2.47. The lowest BCUT2D eigenvalue weighted by molar-refractivity contribution is 0.0963. The van der Waals surface area contributed by atoms with Crippen LogP contribution in [0.1, 0.15) is 16.2 Å². The van der Waals surface area contributed by atoms with Gasteiger partial charge in [0.25, 0.3) is 5.91 Å². The van der Waals surface area contributed by atoms with Crippen molar-refractivity contribution in [2.75, 3.05) is 12.8 Å². The second-order valence-corrected chi connectivity index (χ2v) is 3.54. The van der Waals surface area contributed by atoms with Crippen molar-refractivity contribution < 1.29 is 4.79 Å². The molecule has 0 bridgehead atoms. The summed E-state index contributed by atoms with van der Waals surface area (Å²) in [6, 6.07) is 7.16. The molecular formula is C11H13N5O. The second-order valence-electron chi connectivity index (χ2n) is 3.54. The van der Waals surface area contributed by atoms with E-state index in [4.69, 9.17) is 5.73 Å². The summed E-state index contributed by atoms with van der Waals surface area (Å²) in [6.45, 7) is 1.78. The first-order valence-electron chi connectivity index (χ1n) is 5.14. The number of aryl methyl sites for hydroxylation is 1. The summed E-state index contributed by atoms with van der Waals surface area (Å²) in [4.78, 5) is 11.7. The van der Waals surface area contributed by atoms with E-state index in [1.54, 1.807) is 36.7 Å². The molecule has 0 radical (unpaired) electrons. The first kappa shape index (κ1) is 11.1. The number of hydrogen-bond donors (Lipinski definition) is 2. The van der Waals surface area contributed by atoms with Gasteiger partial charge in [0, 0.05) is 7.05 Å². The number of amides is 1. The zero-order valence-electron chi connectivity index (χ0n) is 9.64. The van der Waals surface area contributed by atoms with E-state index in [1.165, 1.54) is 0 Å². The minimum Gasteiger partial charge on any atom is -0.368 e. The molecule has 0 spiro atoms. The molecule has 1 aromatic carbocycles. The number of nitrogens with zero attached hydrogens (tertiary/aromatic N) is 3. The number of para-hydroxylation sites is 1. The number of carbonyl (C=O) groups excluding carboxylic acids is 1. The van der Waals surface area contributed by atoms with Crippen LogP contribution in [0.25, 0.3) is 5.69 Å². The molecule has 0 atom stereocenters. The molecule has 0 aliphatic rings. The maximum Gasteiger partial charge on any atom is 0.253 e. The third kappa shape index (κ3) is 1.84. The number of carbonyl (C=O) groups is 1. The lowest BCUT2D eigenvalue weighted by atomic mass is 10.1. The average molecular weight is 231 g/mol. The number of benzene rings is 1. The van der Waals surface area contributed by atoms with Gasteiger partial charge in [0.05, 0.1) is 11.3 Å². The SMILES string of the molecule is CNC(=O)c1ccccc1-n1c(C)nnc1N. The van der Waals surface area contributed by atoms with Crippen molar-refractivity contribution in [1.82, 2.24) is 20.1 Å². The number of nitrogen functional groups attached to an aromatic ring is 1. The summed E-state index contributed by atoms with van der Waals surface area (Å²) >= 11 is 0. The molecule has 0 aliphatic carbocycles. The molecule has 0 saturated carbocycles. The highest BCUT2D eigenvalue weighted by atomic mass is 16.1. The first-order valence-corrected chi connectivity index (χ1v) is 5.14. The molecule has 2 rings (SSSR count). The van der Waals surface area contributed by atoms with Gasteiger partial charge in [-0.15, -0.1) is 10.2 Å². The molecule has 3 N–H and O–H groups in total. The quantitative estimate of drug-likeness (QED) is 0.788. The predicted octanol–water partition coefficient (Wildman–Crippen LogP) is 0.518. The van der Waals surface area contributed by atoms with Crippen molar-refractivity contribution in [2.24, 2.45) is 0 Å². The van der Waals surface area contributed by atoms with Crippen molar-refractivity contribution in [3.05, 3.63) is 35.7 Å². The van der Waals surface area contributed by atoms with E-state index in [9.17, 15) is 4.79 Å². The lowest BCUT2D eigenvalue weighted by Crippen LogP contribution is -2.20. The Morgan fingerprint density at radius 3 is 2.65 bits per heavy atom. The van der Waals surface area contributed by atoms with Crippen LogP contribution in [-0.2, 0) is 0 Å². The number of hydrogen-bond acceptors (Lipinski definition) is 4. The molecule has 88 valence electrons. The Morgan fingerprint density at radius 1 is 1.35 bits per heavy atom. The Kier molecular flexibility index (Phi) is 2.78. The number of nitrogens with one attached hydrogen (secondary N) is 1. The lowest BCUT2D eigenvalue weighted by Gasteiger charge is -2.10. The first-order chi connectivity index (χ1) is 8.15. The van der Waals surface area contributed by atoms with Crippen LogP contribution in [0.5, 0.6) is 0 Å². The molecule has 1 amide bonds. The zero-order valence-corrected chi connectivity index (χ0v) is 9.64. The van der Waals surface area contributed by atoms with Crippen molar-refractivity contribution in [2.45, 2.75) is 6.92 Å². The van der Waals surface area contributed by atoms with Gasteiger partial charge in [-0.1, -0.05) is 12.1 Å². The smallest absolute Gasteiger partial charge is 0.253 e. The maximum atomic E-state index is 11.7. The Labute approximate surface area is 98.5 Å². The van der Waals surface area contributed by atoms with Gasteiger partial charge in [0.2, 0.25) is 5.95 Å². The highest BCUT2D eigenvalue weighted by Gasteiger charge is 2.15. The number of nitrogens with two attached hydrogens (primary N) is 1. The highest BCUT2D eigenvalue weighted by Crippen LogP contribution is 2.18. The van der Waals surface area contributed by atoms with E-state index >= 15 is 0 Å². The third-order valence-electron chi connectivity index (χ3n) is 2.47. The van der Waals surface area contributed by atoms with Gasteiger partial charge >= 0.3 is 0 Å². The van der Waals surface area contributed by atoms with Crippen LogP contribution in [0.3, 0.4) is 0 Å². The molecule has 0 aliphatic heterocycles. The summed E-state index contributed by atoms with van der Waals surface area (Å²) in [5.74, 6) is 0.728. The normalized spacial score (nSPS) is 10.2. The fourth-order valence-corrected chi connectivity index (χ4v) is 1.67. The van der Waals surface area contributed by atoms with E-state index in [1.807, 2.05) is 6.07 Å². The van der Waals surface area contributed by atoms with Gasteiger partial charge in [-0.3, -0.25) is 9.36 Å². The largest absolute Gasteiger partial charge is 0.368 e. The van der Waals surface area contributed by atoms with Crippen LogP contribution in [-0.4, -0.2) is 27.7 Å². The fraction of sp³-hybridized carbons (Fsp3) is 0.182. The molecule has 1 heterocycles. The van der Waals surface area contributed by atoms with Crippen LogP contribution >= 0.6 is 0 Å². The van der Waals surface area contributed by atoms with Crippen LogP contribution in [0.4, 0.5) is 5.95 Å². The summed E-state index contributed by atoms with van der Waals surface area (Å²) < 4.78 is 1.64. The summed E-state index contributed by atoms with van der Waals surface area (Å²) in [5.41, 5.74) is 6.95. The highest BCUT2D eigenvalue weighted by molar-refractivity contribution is 5.97. The Morgan fingerprint density at radius 2 is 2.06 bits per heavy atom. The average Bonchev–Trinajstić information content (AvgIpc) is 2.68. The minimum absolute atomic E-state index is 0.173. The van der Waals surface area contributed by atoms with Crippen molar-refractivity contribution in [1.29, 1.82) is 0 Å². The van der Waals surface area contributed by atoms with E-state index in [-0.39, 0.29) is 11.9 Å². The number of aromatic nitrogens is 3. The Balaban J connectivity index is 2.64. The molecule has 6 nitrogen and oxygen atoms in total. The molecule has 0 unspecified atom stereocenters. The Hall–Kier alpha value is -2.37. The predicted molar refractivity (Wildman–Crippen MR) is 63.9 cm³/mol. The Bertz CT molecular complexity index is 541. The summed E-state index contributed by atoms with van der Waals surface area (Å²) in [6.07, 6.45) is 0. The van der Waals surface area contributed by atoms with E-state index < -0.39 is 0 Å². The van der Waals surface area contributed by atoms with Gasteiger partial charge in [-0.25, -0.2) is 0 Å². The van der Waals surface area contributed by atoms with Crippen LogP contribution in [0.15, 0.2) is 24.3 Å². The molecule has 1 aromatic heterocycles. The molecule has 0 fully saturated rings. The van der Waals surface area contributed by atoms with Gasteiger partial charge in [0.15, 0.2) is 0 Å². The summed E-state index contributed by atoms with van der Waals surface area (Å²) in [5, 5.41) is 10.2. The van der Waals surface area contributed by atoms with Crippen molar-refractivity contribution in [3.63, 3.8) is 0 Å². The topological polar surface area (TPSA) is 85.8 Å². The van der Waals surface area contributed by atoms with E-state index in [0.29, 0.717) is 17.1 Å². The maximum absolute atomic E-state index is 11.7. The monoisotopic (exact) mass is 231 g/mol. The second kappa shape index (κ2) is 4.25. The van der Waals surface area contributed by atoms with E-state index in [2.05, 4.69) is 15.5 Å². The molecule has 2 aromatic rings. The van der Waals surface area contributed by atoms with Crippen LogP contribution in [0, 0.1) is 6.92 Å². The molecule has 6 heteroatoms. The van der Waals surface area contributed by atoms with Gasteiger partial charge in [0.1, 0.15) is 5.82 Å². The molecule has 0 saturated heterocycles. The molecule has 17 heavy (non-hydrogen) atoms. The van der Waals surface area contributed by atoms with Gasteiger partial charge in [-0.2, -0.15) is 0 Å². The fourth-order valence-electron chi connectivity index (χ4n) is 1.67. The summed E-state index contributed by atoms with van der Waals surface area (Å²) in [7, 11) is 1.58. The standard InChI is InChI=1S/C11H13N5O/c1-7-14-15-11(12)16(7)9-6-4-3-5-8(9)10(17)13-2/h3-6H,1-2H3,(H2,12,15)(H,13,17). The minimum atomic E-state index is -0.173. The van der Waals surface area contributed by atoms with Crippen molar-refractivity contribution >= 4 is 11.9 Å². The number of rotatable bonds is 2. The number of anilines is 1. The van der Waals surface area contributed by atoms with Crippen LogP contribution < -0.4 is 11.1 Å².